The van der Waals surface area contributed by atoms with Gasteiger partial charge < -0.3 is 10.3 Å². The molecule has 3 nitrogen and oxygen atoms in total. The summed E-state index contributed by atoms with van der Waals surface area (Å²) in [7, 11) is 0. The molecule has 0 saturated heterocycles. The molecule has 0 saturated carbocycles. The third-order valence-electron chi connectivity index (χ3n) is 3.53. The van der Waals surface area contributed by atoms with Gasteiger partial charge in [0.15, 0.2) is 0 Å². The summed E-state index contributed by atoms with van der Waals surface area (Å²) in [6.07, 6.45) is 3.06. The molecule has 1 atom stereocenters. The zero-order chi connectivity index (χ0) is 12.5. The molecule has 0 amide bonds. The van der Waals surface area contributed by atoms with Gasteiger partial charge in [0.1, 0.15) is 5.82 Å². The second-order valence-electron chi connectivity index (χ2n) is 5.28. The smallest absolute Gasteiger partial charge is 0.114 e. The average molecular weight is 241 g/mol. The van der Waals surface area contributed by atoms with E-state index in [1.165, 1.54) is 16.8 Å². The first-order valence-corrected chi connectivity index (χ1v) is 6.59. The van der Waals surface area contributed by atoms with Crippen LogP contribution >= 0.6 is 0 Å². The maximum absolute atomic E-state index is 4.52. The Balaban J connectivity index is 1.72. The van der Waals surface area contributed by atoms with Crippen LogP contribution in [0, 0.1) is 0 Å². The second-order valence-corrected chi connectivity index (χ2v) is 5.28. The van der Waals surface area contributed by atoms with E-state index in [0.29, 0.717) is 12.0 Å². The van der Waals surface area contributed by atoms with Gasteiger partial charge in [-0.3, -0.25) is 0 Å². The van der Waals surface area contributed by atoms with Crippen LogP contribution in [-0.4, -0.2) is 16.0 Å². The SMILES string of the molecule is CC(C)NCc1cnc(C2Cc3ccccc32)[nH]1. The third kappa shape index (κ3) is 2.06. The highest BCUT2D eigenvalue weighted by molar-refractivity contribution is 5.44. The molecule has 0 spiro atoms. The summed E-state index contributed by atoms with van der Waals surface area (Å²) in [5.74, 6) is 1.57. The van der Waals surface area contributed by atoms with Crippen molar-refractivity contribution in [1.29, 1.82) is 0 Å². The van der Waals surface area contributed by atoms with E-state index in [1.807, 2.05) is 6.20 Å². The molecule has 3 rings (SSSR count). The van der Waals surface area contributed by atoms with Crippen LogP contribution in [0.2, 0.25) is 0 Å². The lowest BCUT2D eigenvalue weighted by Crippen LogP contribution is -2.22. The van der Waals surface area contributed by atoms with Crippen molar-refractivity contribution in [1.82, 2.24) is 15.3 Å². The quantitative estimate of drug-likeness (QED) is 0.864. The molecule has 18 heavy (non-hydrogen) atoms. The highest BCUT2D eigenvalue weighted by Gasteiger charge is 2.28. The molecule has 2 aromatic rings. The van der Waals surface area contributed by atoms with Gasteiger partial charge in [0.05, 0.1) is 0 Å². The van der Waals surface area contributed by atoms with E-state index in [4.69, 9.17) is 0 Å². The number of rotatable bonds is 4. The summed E-state index contributed by atoms with van der Waals surface area (Å²) < 4.78 is 0. The van der Waals surface area contributed by atoms with Crippen LogP contribution in [0.5, 0.6) is 0 Å². The molecular formula is C15H19N3. The van der Waals surface area contributed by atoms with Crippen LogP contribution in [0.3, 0.4) is 0 Å². The Morgan fingerprint density at radius 1 is 1.39 bits per heavy atom. The van der Waals surface area contributed by atoms with E-state index in [-0.39, 0.29) is 0 Å². The molecule has 1 heterocycles. The summed E-state index contributed by atoms with van der Waals surface area (Å²) in [5, 5.41) is 3.40. The molecule has 94 valence electrons. The highest BCUT2D eigenvalue weighted by Crippen LogP contribution is 2.38. The number of fused-ring (bicyclic) bond motifs is 1. The Morgan fingerprint density at radius 3 is 3.00 bits per heavy atom. The molecule has 0 bridgehead atoms. The number of aromatic nitrogens is 2. The lowest BCUT2D eigenvalue weighted by atomic mass is 9.77. The minimum atomic E-state index is 0.467. The summed E-state index contributed by atoms with van der Waals surface area (Å²) in [4.78, 5) is 7.96. The minimum Gasteiger partial charge on any atom is -0.344 e. The van der Waals surface area contributed by atoms with Crippen molar-refractivity contribution in [2.75, 3.05) is 0 Å². The van der Waals surface area contributed by atoms with Crippen LogP contribution in [-0.2, 0) is 13.0 Å². The van der Waals surface area contributed by atoms with Gasteiger partial charge >= 0.3 is 0 Å². The number of nitrogens with zero attached hydrogens (tertiary/aromatic N) is 1. The lowest BCUT2D eigenvalue weighted by Gasteiger charge is -2.28. The van der Waals surface area contributed by atoms with Gasteiger partial charge in [0.2, 0.25) is 0 Å². The van der Waals surface area contributed by atoms with Crippen LogP contribution in [0.15, 0.2) is 30.5 Å². The van der Waals surface area contributed by atoms with Crippen LogP contribution in [0.1, 0.15) is 42.4 Å². The van der Waals surface area contributed by atoms with Crippen molar-refractivity contribution in [2.24, 2.45) is 0 Å². The zero-order valence-corrected chi connectivity index (χ0v) is 10.9. The summed E-state index contributed by atoms with van der Waals surface area (Å²) in [6, 6.07) is 9.12. The maximum Gasteiger partial charge on any atom is 0.114 e. The Labute approximate surface area is 108 Å². The molecule has 0 fully saturated rings. The number of aromatic amines is 1. The Bertz CT molecular complexity index is 542. The van der Waals surface area contributed by atoms with Crippen LogP contribution in [0.25, 0.3) is 0 Å². The van der Waals surface area contributed by atoms with E-state index in [0.717, 1.165) is 18.8 Å². The van der Waals surface area contributed by atoms with Gasteiger partial charge in [-0.15, -0.1) is 0 Å². The van der Waals surface area contributed by atoms with E-state index in [9.17, 15) is 0 Å². The van der Waals surface area contributed by atoms with E-state index >= 15 is 0 Å². The van der Waals surface area contributed by atoms with E-state index in [2.05, 4.69) is 53.4 Å². The first-order valence-electron chi connectivity index (χ1n) is 6.59. The largest absolute Gasteiger partial charge is 0.344 e. The standard InChI is InChI=1S/C15H19N3/c1-10(2)16-8-12-9-17-15(18-12)14-7-11-5-3-4-6-13(11)14/h3-6,9-10,14,16H,7-8H2,1-2H3,(H,17,18). The van der Waals surface area contributed by atoms with Crippen molar-refractivity contribution in [3.63, 3.8) is 0 Å². The third-order valence-corrected chi connectivity index (χ3v) is 3.53. The Morgan fingerprint density at radius 2 is 2.22 bits per heavy atom. The van der Waals surface area contributed by atoms with Crippen molar-refractivity contribution in [3.8, 4) is 0 Å². The lowest BCUT2D eigenvalue weighted by molar-refractivity contribution is 0.580. The van der Waals surface area contributed by atoms with Gasteiger partial charge in [-0.1, -0.05) is 38.1 Å². The predicted octanol–water partition coefficient (Wildman–Crippen LogP) is 2.60. The van der Waals surface area contributed by atoms with Gasteiger partial charge in [-0.25, -0.2) is 4.98 Å². The van der Waals surface area contributed by atoms with Gasteiger partial charge in [0, 0.05) is 30.4 Å². The van der Waals surface area contributed by atoms with Crippen molar-refractivity contribution < 1.29 is 0 Å². The van der Waals surface area contributed by atoms with E-state index < -0.39 is 0 Å². The number of benzene rings is 1. The zero-order valence-electron chi connectivity index (χ0n) is 10.9. The molecule has 1 aliphatic carbocycles. The number of nitrogens with one attached hydrogen (secondary N) is 2. The highest BCUT2D eigenvalue weighted by atomic mass is 15.0. The number of H-pyrrole nitrogens is 1. The van der Waals surface area contributed by atoms with Crippen molar-refractivity contribution >= 4 is 0 Å². The Kier molecular flexibility index (Phi) is 2.92. The van der Waals surface area contributed by atoms with Gasteiger partial charge in [-0.2, -0.15) is 0 Å². The Hall–Kier alpha value is -1.61. The second kappa shape index (κ2) is 4.58. The van der Waals surface area contributed by atoms with Crippen molar-refractivity contribution in [3.05, 3.63) is 53.1 Å². The molecule has 2 N–H and O–H groups in total. The first kappa shape index (κ1) is 11.5. The van der Waals surface area contributed by atoms with Gasteiger partial charge in [0.25, 0.3) is 0 Å². The number of hydrogen-bond acceptors (Lipinski definition) is 2. The van der Waals surface area contributed by atoms with E-state index in [1.54, 1.807) is 0 Å². The fourth-order valence-electron chi connectivity index (χ4n) is 2.46. The fraction of sp³-hybridized carbons (Fsp3) is 0.400. The number of imidazole rings is 1. The molecule has 0 aliphatic heterocycles. The summed E-state index contributed by atoms with van der Waals surface area (Å²) in [5.41, 5.74) is 4.05. The fourth-order valence-corrected chi connectivity index (χ4v) is 2.46. The van der Waals surface area contributed by atoms with Crippen LogP contribution in [0.4, 0.5) is 0 Å². The van der Waals surface area contributed by atoms with Crippen LogP contribution < -0.4 is 5.32 Å². The maximum atomic E-state index is 4.52. The topological polar surface area (TPSA) is 40.7 Å². The molecule has 1 unspecified atom stereocenters. The molecule has 1 aliphatic rings. The molecule has 1 aromatic carbocycles. The predicted molar refractivity (Wildman–Crippen MR) is 72.6 cm³/mol. The molecule has 3 heteroatoms. The first-order chi connectivity index (χ1) is 8.74. The minimum absolute atomic E-state index is 0.467. The molecule has 1 aromatic heterocycles. The summed E-state index contributed by atoms with van der Waals surface area (Å²) in [6.45, 7) is 5.16. The van der Waals surface area contributed by atoms with Crippen molar-refractivity contribution in [2.45, 2.75) is 38.8 Å². The average Bonchev–Trinajstić information content (AvgIpc) is 2.77. The number of hydrogen-bond donors (Lipinski definition) is 2. The normalized spacial score (nSPS) is 17.6. The molecular weight excluding hydrogens is 222 g/mol. The molecule has 0 radical (unpaired) electrons. The monoisotopic (exact) mass is 241 g/mol. The summed E-state index contributed by atoms with van der Waals surface area (Å²) >= 11 is 0. The van der Waals surface area contributed by atoms with Gasteiger partial charge in [-0.05, 0) is 17.5 Å².